The molecule has 2 rings (SSSR count). The van der Waals surface area contributed by atoms with E-state index < -0.39 is 5.97 Å². The highest BCUT2D eigenvalue weighted by atomic mass is 16.5. The lowest BCUT2D eigenvalue weighted by Gasteiger charge is -2.08. The van der Waals surface area contributed by atoms with Crippen LogP contribution in [-0.4, -0.2) is 11.1 Å². The van der Waals surface area contributed by atoms with E-state index in [2.05, 4.69) is 0 Å². The first-order valence-corrected chi connectivity index (χ1v) is 5.02. The fourth-order valence-electron chi connectivity index (χ4n) is 1.44. The van der Waals surface area contributed by atoms with Crippen molar-refractivity contribution >= 4 is 11.7 Å². The molecule has 2 aromatic carbocycles. The minimum atomic E-state index is -1.02. The number of aromatic carboxylic acids is 1. The van der Waals surface area contributed by atoms with Crippen molar-refractivity contribution in [1.29, 1.82) is 0 Å². The molecule has 0 fully saturated rings. The SMILES string of the molecule is Nc1cccc(Oc2ccccc2C(=O)O)c1. The van der Waals surface area contributed by atoms with Crippen LogP contribution < -0.4 is 10.5 Å². The highest BCUT2D eigenvalue weighted by Gasteiger charge is 2.10. The summed E-state index contributed by atoms with van der Waals surface area (Å²) in [5, 5.41) is 8.99. The number of hydrogen-bond donors (Lipinski definition) is 2. The number of nitrogens with two attached hydrogens (primary N) is 1. The molecule has 0 atom stereocenters. The van der Waals surface area contributed by atoms with E-state index in [0.29, 0.717) is 17.2 Å². The van der Waals surface area contributed by atoms with Crippen molar-refractivity contribution in [2.24, 2.45) is 0 Å². The summed E-state index contributed by atoms with van der Waals surface area (Å²) in [6, 6.07) is 13.3. The Labute approximate surface area is 98.3 Å². The van der Waals surface area contributed by atoms with Gasteiger partial charge in [-0.3, -0.25) is 0 Å². The van der Waals surface area contributed by atoms with E-state index >= 15 is 0 Å². The Morgan fingerprint density at radius 1 is 1.12 bits per heavy atom. The van der Waals surface area contributed by atoms with Gasteiger partial charge in [0.25, 0.3) is 0 Å². The summed E-state index contributed by atoms with van der Waals surface area (Å²) in [6.45, 7) is 0. The van der Waals surface area contributed by atoms with Gasteiger partial charge in [-0.15, -0.1) is 0 Å². The summed E-state index contributed by atoms with van der Waals surface area (Å²) in [5.41, 5.74) is 6.30. The van der Waals surface area contributed by atoms with Crippen molar-refractivity contribution in [3.63, 3.8) is 0 Å². The van der Waals surface area contributed by atoms with Gasteiger partial charge in [-0.2, -0.15) is 0 Å². The van der Waals surface area contributed by atoms with Gasteiger partial charge in [-0.05, 0) is 24.3 Å². The Balaban J connectivity index is 2.33. The van der Waals surface area contributed by atoms with E-state index in [0.717, 1.165) is 0 Å². The van der Waals surface area contributed by atoms with Gasteiger partial charge in [0, 0.05) is 11.8 Å². The van der Waals surface area contributed by atoms with Gasteiger partial charge in [0.1, 0.15) is 17.1 Å². The van der Waals surface area contributed by atoms with Gasteiger partial charge in [0.15, 0.2) is 0 Å². The van der Waals surface area contributed by atoms with Gasteiger partial charge in [0.2, 0.25) is 0 Å². The number of carbonyl (C=O) groups is 1. The zero-order chi connectivity index (χ0) is 12.3. The van der Waals surface area contributed by atoms with Crippen LogP contribution in [-0.2, 0) is 0 Å². The molecule has 0 amide bonds. The number of para-hydroxylation sites is 1. The summed E-state index contributed by atoms with van der Waals surface area (Å²) in [5.74, 6) is -0.214. The minimum Gasteiger partial charge on any atom is -0.478 e. The number of benzene rings is 2. The minimum absolute atomic E-state index is 0.120. The zero-order valence-corrected chi connectivity index (χ0v) is 8.96. The second kappa shape index (κ2) is 4.57. The topological polar surface area (TPSA) is 72.5 Å². The second-order valence-electron chi connectivity index (χ2n) is 3.48. The van der Waals surface area contributed by atoms with E-state index in [1.165, 1.54) is 6.07 Å². The van der Waals surface area contributed by atoms with E-state index in [1.807, 2.05) is 0 Å². The maximum atomic E-state index is 11.0. The highest BCUT2D eigenvalue weighted by Crippen LogP contribution is 2.26. The van der Waals surface area contributed by atoms with E-state index in [9.17, 15) is 4.79 Å². The number of carboxylic acids is 1. The molecule has 86 valence electrons. The number of rotatable bonds is 3. The molecule has 0 saturated heterocycles. The van der Waals surface area contributed by atoms with Gasteiger partial charge < -0.3 is 15.6 Å². The molecule has 0 radical (unpaired) electrons. The zero-order valence-electron chi connectivity index (χ0n) is 8.96. The smallest absolute Gasteiger partial charge is 0.339 e. The van der Waals surface area contributed by atoms with Crippen LogP contribution in [0.15, 0.2) is 48.5 Å². The number of nitrogen functional groups attached to an aromatic ring is 1. The standard InChI is InChI=1S/C13H11NO3/c14-9-4-3-5-10(8-9)17-12-7-2-1-6-11(12)13(15)16/h1-8H,14H2,(H,15,16). The first-order valence-electron chi connectivity index (χ1n) is 5.02. The van der Waals surface area contributed by atoms with Crippen LogP contribution in [0, 0.1) is 0 Å². The summed E-state index contributed by atoms with van der Waals surface area (Å²) in [4.78, 5) is 11.0. The van der Waals surface area contributed by atoms with E-state index in [-0.39, 0.29) is 5.56 Å². The van der Waals surface area contributed by atoms with Crippen LogP contribution in [0.3, 0.4) is 0 Å². The van der Waals surface area contributed by atoms with Crippen LogP contribution in [0.4, 0.5) is 5.69 Å². The second-order valence-corrected chi connectivity index (χ2v) is 3.48. The third kappa shape index (κ3) is 2.55. The van der Waals surface area contributed by atoms with Crippen molar-refractivity contribution in [3.05, 3.63) is 54.1 Å². The lowest BCUT2D eigenvalue weighted by Crippen LogP contribution is -1.99. The molecule has 17 heavy (non-hydrogen) atoms. The summed E-state index contributed by atoms with van der Waals surface area (Å²) in [7, 11) is 0. The molecule has 0 saturated carbocycles. The van der Waals surface area contributed by atoms with Crippen molar-refractivity contribution in [2.75, 3.05) is 5.73 Å². The molecular weight excluding hydrogens is 218 g/mol. The van der Waals surface area contributed by atoms with Crippen LogP contribution >= 0.6 is 0 Å². The predicted octanol–water partition coefficient (Wildman–Crippen LogP) is 2.76. The largest absolute Gasteiger partial charge is 0.478 e. The molecule has 0 heterocycles. The van der Waals surface area contributed by atoms with Crippen molar-refractivity contribution < 1.29 is 14.6 Å². The highest BCUT2D eigenvalue weighted by molar-refractivity contribution is 5.90. The van der Waals surface area contributed by atoms with Crippen molar-refractivity contribution in [1.82, 2.24) is 0 Å². The van der Waals surface area contributed by atoms with Crippen molar-refractivity contribution in [2.45, 2.75) is 0 Å². The molecule has 0 aliphatic heterocycles. The molecule has 0 aromatic heterocycles. The Hall–Kier alpha value is -2.49. The Kier molecular flexibility index (Phi) is 2.96. The molecular formula is C13H11NO3. The number of hydrogen-bond acceptors (Lipinski definition) is 3. The Bertz CT molecular complexity index is 552. The van der Waals surface area contributed by atoms with Gasteiger partial charge in [-0.1, -0.05) is 18.2 Å². The van der Waals surface area contributed by atoms with E-state index in [4.69, 9.17) is 15.6 Å². The van der Waals surface area contributed by atoms with Gasteiger partial charge in [-0.25, -0.2) is 4.79 Å². The summed E-state index contributed by atoms with van der Waals surface area (Å²) >= 11 is 0. The summed E-state index contributed by atoms with van der Waals surface area (Å²) < 4.78 is 5.49. The first kappa shape index (κ1) is 11.0. The number of anilines is 1. The average Bonchev–Trinajstić information content (AvgIpc) is 2.29. The summed E-state index contributed by atoms with van der Waals surface area (Å²) in [6.07, 6.45) is 0. The fraction of sp³-hybridized carbons (Fsp3) is 0. The molecule has 4 heteroatoms. The third-order valence-electron chi connectivity index (χ3n) is 2.20. The maximum absolute atomic E-state index is 11.0. The first-order chi connectivity index (χ1) is 8.16. The third-order valence-corrected chi connectivity index (χ3v) is 2.20. The van der Waals surface area contributed by atoms with Crippen LogP contribution in [0.5, 0.6) is 11.5 Å². The van der Waals surface area contributed by atoms with Gasteiger partial charge >= 0.3 is 5.97 Å². The Morgan fingerprint density at radius 2 is 1.88 bits per heavy atom. The molecule has 3 N–H and O–H groups in total. The average molecular weight is 229 g/mol. The normalized spacial score (nSPS) is 9.88. The number of ether oxygens (including phenoxy) is 1. The lowest BCUT2D eigenvalue weighted by molar-refractivity contribution is 0.0694. The molecule has 4 nitrogen and oxygen atoms in total. The number of carboxylic acid groups (broad SMARTS) is 1. The fourth-order valence-corrected chi connectivity index (χ4v) is 1.44. The predicted molar refractivity (Wildman–Crippen MR) is 64.3 cm³/mol. The quantitative estimate of drug-likeness (QED) is 0.794. The van der Waals surface area contributed by atoms with Crippen LogP contribution in [0.25, 0.3) is 0 Å². The monoisotopic (exact) mass is 229 g/mol. The van der Waals surface area contributed by atoms with Gasteiger partial charge in [0.05, 0.1) is 0 Å². The molecule has 2 aromatic rings. The van der Waals surface area contributed by atoms with Crippen LogP contribution in [0.1, 0.15) is 10.4 Å². The lowest BCUT2D eigenvalue weighted by atomic mass is 10.2. The molecule has 0 spiro atoms. The van der Waals surface area contributed by atoms with Crippen molar-refractivity contribution in [3.8, 4) is 11.5 Å². The molecule has 0 bridgehead atoms. The molecule has 0 unspecified atom stereocenters. The molecule has 0 aliphatic rings. The Morgan fingerprint density at radius 3 is 2.59 bits per heavy atom. The van der Waals surface area contributed by atoms with E-state index in [1.54, 1.807) is 42.5 Å². The van der Waals surface area contributed by atoms with Crippen LogP contribution in [0.2, 0.25) is 0 Å². The molecule has 0 aliphatic carbocycles. The maximum Gasteiger partial charge on any atom is 0.339 e.